The van der Waals surface area contributed by atoms with Crippen LogP contribution in [0.25, 0.3) is 0 Å². The fourth-order valence-electron chi connectivity index (χ4n) is 2.10. The predicted octanol–water partition coefficient (Wildman–Crippen LogP) is 2.41. The summed E-state index contributed by atoms with van der Waals surface area (Å²) in [5, 5.41) is 4.32. The summed E-state index contributed by atoms with van der Waals surface area (Å²) in [6.07, 6.45) is 9.30. The number of hydrogen-bond acceptors (Lipinski definition) is 4. The lowest BCUT2D eigenvalue weighted by molar-refractivity contribution is 0.500. The molecule has 3 nitrogen and oxygen atoms in total. The summed E-state index contributed by atoms with van der Waals surface area (Å²) in [4.78, 5) is 8.25. The standard InChI is InChI=1S/C12H19N3S/c1-2-5-15-12(11-4-3-6-16-11)10-7-13-9-14-8-10/h7-9,11-12,15H,2-6H2,1H3. The van der Waals surface area contributed by atoms with Gasteiger partial charge in [0.2, 0.25) is 0 Å². The van der Waals surface area contributed by atoms with E-state index in [0.29, 0.717) is 11.3 Å². The highest BCUT2D eigenvalue weighted by atomic mass is 32.2. The van der Waals surface area contributed by atoms with Crippen molar-refractivity contribution in [1.82, 2.24) is 15.3 Å². The van der Waals surface area contributed by atoms with E-state index in [0.717, 1.165) is 6.54 Å². The second-order valence-corrected chi connectivity index (χ2v) is 5.50. The van der Waals surface area contributed by atoms with Gasteiger partial charge in [-0.25, -0.2) is 9.97 Å². The zero-order valence-corrected chi connectivity index (χ0v) is 10.5. The Balaban J connectivity index is 2.07. The molecule has 4 heteroatoms. The maximum Gasteiger partial charge on any atom is 0.115 e. The van der Waals surface area contributed by atoms with Crippen LogP contribution in [0.4, 0.5) is 0 Å². The van der Waals surface area contributed by atoms with Crippen LogP contribution in [0.3, 0.4) is 0 Å². The number of aromatic nitrogens is 2. The maximum atomic E-state index is 4.12. The number of hydrogen-bond donors (Lipinski definition) is 1. The van der Waals surface area contributed by atoms with Crippen molar-refractivity contribution in [2.45, 2.75) is 37.5 Å². The van der Waals surface area contributed by atoms with E-state index >= 15 is 0 Å². The Morgan fingerprint density at radius 2 is 2.31 bits per heavy atom. The summed E-state index contributed by atoms with van der Waals surface area (Å²) >= 11 is 2.08. The Morgan fingerprint density at radius 3 is 2.94 bits per heavy atom. The van der Waals surface area contributed by atoms with Gasteiger partial charge in [0.1, 0.15) is 6.33 Å². The molecule has 0 amide bonds. The molecule has 2 heterocycles. The van der Waals surface area contributed by atoms with Crippen LogP contribution >= 0.6 is 11.8 Å². The summed E-state index contributed by atoms with van der Waals surface area (Å²) in [5.74, 6) is 1.29. The molecule has 16 heavy (non-hydrogen) atoms. The first kappa shape index (κ1) is 11.9. The molecule has 1 aromatic heterocycles. The van der Waals surface area contributed by atoms with Gasteiger partial charge in [-0.3, -0.25) is 0 Å². The van der Waals surface area contributed by atoms with Crippen molar-refractivity contribution in [2.75, 3.05) is 12.3 Å². The van der Waals surface area contributed by atoms with Crippen LogP contribution in [-0.4, -0.2) is 27.5 Å². The molecule has 1 aliphatic heterocycles. The minimum Gasteiger partial charge on any atom is -0.309 e. The van der Waals surface area contributed by atoms with Crippen molar-refractivity contribution in [2.24, 2.45) is 0 Å². The van der Waals surface area contributed by atoms with Crippen molar-refractivity contribution in [3.05, 3.63) is 24.3 Å². The monoisotopic (exact) mass is 237 g/mol. The van der Waals surface area contributed by atoms with Crippen LogP contribution in [-0.2, 0) is 0 Å². The largest absolute Gasteiger partial charge is 0.309 e. The number of nitrogens with zero attached hydrogens (tertiary/aromatic N) is 2. The molecule has 1 aromatic rings. The highest BCUT2D eigenvalue weighted by Gasteiger charge is 2.26. The summed E-state index contributed by atoms with van der Waals surface area (Å²) in [7, 11) is 0. The van der Waals surface area contributed by atoms with Crippen molar-refractivity contribution in [1.29, 1.82) is 0 Å². The summed E-state index contributed by atoms with van der Waals surface area (Å²) < 4.78 is 0. The SMILES string of the molecule is CCCNC(c1cncnc1)C1CCCS1. The highest BCUT2D eigenvalue weighted by molar-refractivity contribution is 8.00. The zero-order chi connectivity index (χ0) is 11.2. The molecule has 0 spiro atoms. The molecule has 1 aliphatic rings. The van der Waals surface area contributed by atoms with Crippen molar-refractivity contribution in [3.8, 4) is 0 Å². The molecule has 0 aliphatic carbocycles. The van der Waals surface area contributed by atoms with Crippen LogP contribution < -0.4 is 5.32 Å². The van der Waals surface area contributed by atoms with E-state index in [1.165, 1.54) is 30.6 Å². The second kappa shape index (κ2) is 6.21. The first-order chi connectivity index (χ1) is 7.92. The molecule has 2 atom stereocenters. The van der Waals surface area contributed by atoms with Gasteiger partial charge in [0.15, 0.2) is 0 Å². The van der Waals surface area contributed by atoms with Crippen molar-refractivity contribution < 1.29 is 0 Å². The van der Waals surface area contributed by atoms with Gasteiger partial charge in [0, 0.05) is 29.2 Å². The molecule has 88 valence electrons. The Bertz CT molecular complexity index is 298. The second-order valence-electron chi connectivity index (χ2n) is 4.16. The van der Waals surface area contributed by atoms with Gasteiger partial charge in [-0.05, 0) is 31.6 Å². The topological polar surface area (TPSA) is 37.8 Å². The Morgan fingerprint density at radius 1 is 1.50 bits per heavy atom. The Labute approximate surface area is 101 Å². The molecule has 2 rings (SSSR count). The first-order valence-corrected chi connectivity index (χ1v) is 7.06. The zero-order valence-electron chi connectivity index (χ0n) is 9.72. The molecular formula is C12H19N3S. The fourth-order valence-corrected chi connectivity index (χ4v) is 3.52. The minimum atomic E-state index is 0.425. The lowest BCUT2D eigenvalue weighted by atomic mass is 10.0. The molecule has 1 fully saturated rings. The third kappa shape index (κ3) is 2.95. The Kier molecular flexibility index (Phi) is 4.60. The third-order valence-electron chi connectivity index (χ3n) is 2.89. The molecular weight excluding hydrogens is 218 g/mol. The molecule has 0 radical (unpaired) electrons. The van der Waals surface area contributed by atoms with Crippen molar-refractivity contribution >= 4 is 11.8 Å². The van der Waals surface area contributed by atoms with E-state index in [4.69, 9.17) is 0 Å². The van der Waals surface area contributed by atoms with Gasteiger partial charge >= 0.3 is 0 Å². The lowest BCUT2D eigenvalue weighted by Crippen LogP contribution is -2.29. The fraction of sp³-hybridized carbons (Fsp3) is 0.667. The summed E-state index contributed by atoms with van der Waals surface area (Å²) in [5.41, 5.74) is 1.23. The predicted molar refractivity (Wildman–Crippen MR) is 68.5 cm³/mol. The smallest absolute Gasteiger partial charge is 0.115 e. The van der Waals surface area contributed by atoms with Crippen LogP contribution in [0.1, 0.15) is 37.8 Å². The van der Waals surface area contributed by atoms with E-state index in [9.17, 15) is 0 Å². The van der Waals surface area contributed by atoms with E-state index in [-0.39, 0.29) is 0 Å². The van der Waals surface area contributed by atoms with Gasteiger partial charge in [-0.2, -0.15) is 11.8 Å². The van der Waals surface area contributed by atoms with Crippen LogP contribution in [0.5, 0.6) is 0 Å². The first-order valence-electron chi connectivity index (χ1n) is 6.01. The van der Waals surface area contributed by atoms with E-state index in [2.05, 4.69) is 34.0 Å². The van der Waals surface area contributed by atoms with Gasteiger partial charge in [-0.15, -0.1) is 0 Å². The van der Waals surface area contributed by atoms with Crippen molar-refractivity contribution in [3.63, 3.8) is 0 Å². The van der Waals surface area contributed by atoms with Gasteiger partial charge in [-0.1, -0.05) is 6.92 Å². The normalized spacial score (nSPS) is 22.2. The molecule has 1 N–H and O–H groups in total. The van der Waals surface area contributed by atoms with Gasteiger partial charge in [0.05, 0.1) is 0 Å². The van der Waals surface area contributed by atoms with Crippen LogP contribution in [0.2, 0.25) is 0 Å². The highest BCUT2D eigenvalue weighted by Crippen LogP contribution is 2.35. The Hall–Kier alpha value is -0.610. The average Bonchev–Trinajstić information content (AvgIpc) is 2.85. The molecule has 0 saturated carbocycles. The molecule has 2 unspecified atom stereocenters. The number of thioether (sulfide) groups is 1. The van der Waals surface area contributed by atoms with E-state index < -0.39 is 0 Å². The maximum absolute atomic E-state index is 4.12. The molecule has 0 aromatic carbocycles. The van der Waals surface area contributed by atoms with Crippen LogP contribution in [0.15, 0.2) is 18.7 Å². The third-order valence-corrected chi connectivity index (χ3v) is 4.35. The summed E-state index contributed by atoms with van der Waals surface area (Å²) in [6, 6.07) is 0.425. The van der Waals surface area contributed by atoms with Gasteiger partial charge in [0.25, 0.3) is 0 Å². The molecule has 1 saturated heterocycles. The average molecular weight is 237 g/mol. The summed E-state index contributed by atoms with van der Waals surface area (Å²) in [6.45, 7) is 3.27. The number of nitrogens with one attached hydrogen (secondary N) is 1. The van der Waals surface area contributed by atoms with Crippen LogP contribution in [0, 0.1) is 0 Å². The lowest BCUT2D eigenvalue weighted by Gasteiger charge is -2.23. The van der Waals surface area contributed by atoms with Gasteiger partial charge < -0.3 is 5.32 Å². The quantitative estimate of drug-likeness (QED) is 0.853. The van der Waals surface area contributed by atoms with E-state index in [1.807, 2.05) is 12.4 Å². The van der Waals surface area contributed by atoms with E-state index in [1.54, 1.807) is 6.33 Å². The minimum absolute atomic E-state index is 0.425. The number of rotatable bonds is 5. The molecule has 0 bridgehead atoms.